The predicted octanol–water partition coefficient (Wildman–Crippen LogP) is 2.90. The number of nitrogens with zero attached hydrogens (tertiary/aromatic N) is 2. The number of hydrogen-bond donors (Lipinski definition) is 1. The third kappa shape index (κ3) is 2.43. The summed E-state index contributed by atoms with van der Waals surface area (Å²) in [6.07, 6.45) is 3.66. The summed E-state index contributed by atoms with van der Waals surface area (Å²) in [6.45, 7) is 6.53. The van der Waals surface area contributed by atoms with Gasteiger partial charge in [0, 0.05) is 25.1 Å². The molecule has 2 heterocycles. The van der Waals surface area contributed by atoms with Gasteiger partial charge in [-0.3, -0.25) is 9.89 Å². The van der Waals surface area contributed by atoms with Crippen LogP contribution in [0.3, 0.4) is 0 Å². The van der Waals surface area contributed by atoms with Gasteiger partial charge >= 0.3 is 0 Å². The molecule has 1 spiro atoms. The number of carbonyl (C=O) groups excluding carboxylic acids is 1. The monoisotopic (exact) mass is 313 g/mol. The van der Waals surface area contributed by atoms with Gasteiger partial charge in [0.05, 0.1) is 11.6 Å². The Labute approximate surface area is 136 Å². The molecule has 0 atom stereocenters. The molecule has 2 fully saturated rings. The zero-order valence-electron chi connectivity index (χ0n) is 13.8. The van der Waals surface area contributed by atoms with Crippen LogP contribution in [0.1, 0.15) is 42.2 Å². The predicted molar refractivity (Wildman–Crippen MR) is 88.4 cm³/mol. The van der Waals surface area contributed by atoms with Gasteiger partial charge in [0.1, 0.15) is 0 Å². The van der Waals surface area contributed by atoms with Crippen molar-refractivity contribution in [2.45, 2.75) is 39.2 Å². The molecule has 0 bridgehead atoms. The Morgan fingerprint density at radius 1 is 1.48 bits per heavy atom. The fourth-order valence-corrected chi connectivity index (χ4v) is 4.14. The maximum Gasteiger partial charge on any atom is 0.275 e. The number of H-pyrrole nitrogens is 1. The first-order valence-corrected chi connectivity index (χ1v) is 8.46. The zero-order chi connectivity index (χ0) is 16.0. The Morgan fingerprint density at radius 3 is 3.09 bits per heavy atom. The van der Waals surface area contributed by atoms with E-state index in [0.717, 1.165) is 55.4 Å². The molecule has 2 aromatic rings. The highest BCUT2D eigenvalue weighted by Crippen LogP contribution is 2.49. The molecule has 1 N–H and O–H groups in total. The van der Waals surface area contributed by atoms with Crippen molar-refractivity contribution in [2.75, 3.05) is 19.7 Å². The van der Waals surface area contributed by atoms with E-state index >= 15 is 0 Å². The molecule has 1 aromatic carbocycles. The van der Waals surface area contributed by atoms with Crippen molar-refractivity contribution in [1.82, 2.24) is 15.1 Å². The van der Waals surface area contributed by atoms with Crippen molar-refractivity contribution in [1.29, 1.82) is 0 Å². The minimum Gasteiger partial charge on any atom is -0.378 e. The summed E-state index contributed by atoms with van der Waals surface area (Å²) < 4.78 is 5.68. The van der Waals surface area contributed by atoms with Gasteiger partial charge in [-0.15, -0.1) is 0 Å². The Hall–Kier alpha value is -1.88. The lowest BCUT2D eigenvalue weighted by atomic mass is 9.66. The quantitative estimate of drug-likeness (QED) is 0.948. The van der Waals surface area contributed by atoms with Crippen LogP contribution < -0.4 is 0 Å². The van der Waals surface area contributed by atoms with Gasteiger partial charge in [0.15, 0.2) is 5.69 Å². The number of benzene rings is 1. The normalized spacial score (nSPS) is 26.9. The van der Waals surface area contributed by atoms with E-state index in [1.54, 1.807) is 0 Å². The van der Waals surface area contributed by atoms with E-state index < -0.39 is 0 Å². The average Bonchev–Trinajstić information content (AvgIpc) is 3.10. The molecule has 2 aliphatic rings. The summed E-state index contributed by atoms with van der Waals surface area (Å²) in [4.78, 5) is 14.9. The lowest BCUT2D eigenvalue weighted by molar-refractivity contribution is -0.0708. The Kier molecular flexibility index (Phi) is 3.41. The average molecular weight is 313 g/mol. The molecular weight excluding hydrogens is 290 g/mol. The summed E-state index contributed by atoms with van der Waals surface area (Å²) in [7, 11) is 0. The minimum atomic E-state index is 0.0542. The van der Waals surface area contributed by atoms with Gasteiger partial charge in [-0.1, -0.05) is 11.6 Å². The molecule has 122 valence electrons. The van der Waals surface area contributed by atoms with Gasteiger partial charge < -0.3 is 9.64 Å². The number of fused-ring (bicyclic) bond motifs is 1. The van der Waals surface area contributed by atoms with Crippen molar-refractivity contribution in [3.8, 4) is 0 Å². The van der Waals surface area contributed by atoms with E-state index in [9.17, 15) is 4.79 Å². The number of nitrogens with one attached hydrogen (secondary N) is 1. The van der Waals surface area contributed by atoms with E-state index in [1.165, 1.54) is 0 Å². The molecule has 5 heteroatoms. The lowest BCUT2D eigenvalue weighted by Crippen LogP contribution is -2.45. The number of rotatable bonds is 3. The number of aryl methyl sites for hydroxylation is 1. The summed E-state index contributed by atoms with van der Waals surface area (Å²) in [6, 6.07) is 6.05. The SMILES string of the molecule is CCOC1CC2(CCN(C(=O)c3n[nH]c4ccc(C)cc34)C2)C1. The van der Waals surface area contributed by atoms with Crippen LogP contribution in [0, 0.1) is 12.3 Å². The molecule has 1 saturated carbocycles. The molecule has 1 aliphatic carbocycles. The largest absolute Gasteiger partial charge is 0.378 e. The Bertz CT molecular complexity index is 746. The van der Waals surface area contributed by atoms with E-state index in [1.807, 2.05) is 36.9 Å². The number of amides is 1. The van der Waals surface area contributed by atoms with E-state index in [2.05, 4.69) is 10.2 Å². The second-order valence-electron chi connectivity index (χ2n) is 7.08. The van der Waals surface area contributed by atoms with Crippen LogP contribution in [-0.2, 0) is 4.74 Å². The minimum absolute atomic E-state index is 0.0542. The van der Waals surface area contributed by atoms with Crippen molar-refractivity contribution in [2.24, 2.45) is 5.41 Å². The second kappa shape index (κ2) is 5.34. The summed E-state index contributed by atoms with van der Waals surface area (Å²) in [5.41, 5.74) is 2.91. The molecule has 4 rings (SSSR count). The summed E-state index contributed by atoms with van der Waals surface area (Å²) in [5.74, 6) is 0.0542. The lowest BCUT2D eigenvalue weighted by Gasteiger charge is -2.44. The van der Waals surface area contributed by atoms with Gasteiger partial charge in [0.2, 0.25) is 0 Å². The van der Waals surface area contributed by atoms with Crippen molar-refractivity contribution in [3.63, 3.8) is 0 Å². The zero-order valence-corrected chi connectivity index (χ0v) is 13.8. The number of ether oxygens (including phenoxy) is 1. The molecule has 1 saturated heterocycles. The van der Waals surface area contributed by atoms with E-state index in [-0.39, 0.29) is 11.3 Å². The van der Waals surface area contributed by atoms with Gasteiger partial charge in [0.25, 0.3) is 5.91 Å². The highest BCUT2D eigenvalue weighted by atomic mass is 16.5. The number of hydrogen-bond acceptors (Lipinski definition) is 3. The number of aromatic nitrogens is 2. The first-order chi connectivity index (χ1) is 11.1. The number of aromatic amines is 1. The van der Waals surface area contributed by atoms with Crippen LogP contribution in [0.5, 0.6) is 0 Å². The molecule has 1 amide bonds. The third-order valence-corrected chi connectivity index (χ3v) is 5.37. The summed E-state index contributed by atoms with van der Waals surface area (Å²) >= 11 is 0. The van der Waals surface area contributed by atoms with Crippen LogP contribution in [-0.4, -0.2) is 46.8 Å². The molecular formula is C18H23N3O2. The molecule has 5 nitrogen and oxygen atoms in total. The van der Waals surface area contributed by atoms with Crippen LogP contribution in [0.15, 0.2) is 18.2 Å². The van der Waals surface area contributed by atoms with Gasteiger partial charge in [-0.05, 0) is 50.7 Å². The highest BCUT2D eigenvalue weighted by molar-refractivity contribution is 6.04. The molecule has 0 unspecified atom stereocenters. The Morgan fingerprint density at radius 2 is 2.30 bits per heavy atom. The first kappa shape index (κ1) is 14.7. The topological polar surface area (TPSA) is 58.2 Å². The highest BCUT2D eigenvalue weighted by Gasteiger charge is 2.50. The maximum absolute atomic E-state index is 12.9. The van der Waals surface area contributed by atoms with Crippen molar-refractivity contribution < 1.29 is 9.53 Å². The number of carbonyl (C=O) groups is 1. The third-order valence-electron chi connectivity index (χ3n) is 5.37. The number of likely N-dealkylation sites (tertiary alicyclic amines) is 1. The second-order valence-corrected chi connectivity index (χ2v) is 7.08. The van der Waals surface area contributed by atoms with Crippen molar-refractivity contribution in [3.05, 3.63) is 29.5 Å². The van der Waals surface area contributed by atoms with E-state index in [0.29, 0.717) is 11.8 Å². The van der Waals surface area contributed by atoms with Crippen LogP contribution >= 0.6 is 0 Å². The fraction of sp³-hybridized carbons (Fsp3) is 0.556. The fourth-order valence-electron chi connectivity index (χ4n) is 4.14. The molecule has 0 radical (unpaired) electrons. The Balaban J connectivity index is 1.51. The van der Waals surface area contributed by atoms with E-state index in [4.69, 9.17) is 4.74 Å². The van der Waals surface area contributed by atoms with Gasteiger partial charge in [-0.2, -0.15) is 5.10 Å². The maximum atomic E-state index is 12.9. The molecule has 1 aliphatic heterocycles. The van der Waals surface area contributed by atoms with Crippen molar-refractivity contribution >= 4 is 16.8 Å². The summed E-state index contributed by atoms with van der Waals surface area (Å²) in [5, 5.41) is 8.18. The standard InChI is InChI=1S/C18H23N3O2/c1-3-23-13-9-18(10-13)6-7-21(11-18)17(22)16-14-8-12(2)4-5-15(14)19-20-16/h4-5,8,13H,3,6-7,9-11H2,1-2H3,(H,19,20). The van der Waals surface area contributed by atoms with Crippen LogP contribution in [0.25, 0.3) is 10.9 Å². The molecule has 23 heavy (non-hydrogen) atoms. The smallest absolute Gasteiger partial charge is 0.275 e. The van der Waals surface area contributed by atoms with Crippen LogP contribution in [0.2, 0.25) is 0 Å². The van der Waals surface area contributed by atoms with Gasteiger partial charge in [-0.25, -0.2) is 0 Å². The van der Waals surface area contributed by atoms with Crippen LogP contribution in [0.4, 0.5) is 0 Å². The first-order valence-electron chi connectivity index (χ1n) is 8.46. The molecule has 1 aromatic heterocycles.